The molecule has 1 aromatic carbocycles. The van der Waals surface area contributed by atoms with Gasteiger partial charge in [-0.25, -0.2) is 9.67 Å². The average Bonchev–Trinajstić information content (AvgIpc) is 3.02. The minimum atomic E-state index is 0.363. The molecule has 0 saturated carbocycles. The summed E-state index contributed by atoms with van der Waals surface area (Å²) < 4.78 is 2.41. The van der Waals surface area contributed by atoms with Crippen molar-refractivity contribution in [1.82, 2.24) is 19.7 Å². The zero-order chi connectivity index (χ0) is 19.2. The molecule has 3 aromatic rings. The minimum absolute atomic E-state index is 0.363. The first-order valence-electron chi connectivity index (χ1n) is 8.41. The molecule has 0 spiro atoms. The lowest BCUT2D eigenvalue weighted by Gasteiger charge is -2.07. The van der Waals surface area contributed by atoms with E-state index in [2.05, 4.69) is 47.7 Å². The Labute approximate surface area is 165 Å². The van der Waals surface area contributed by atoms with Crippen LogP contribution in [0.3, 0.4) is 0 Å². The van der Waals surface area contributed by atoms with Crippen LogP contribution in [0.4, 0.5) is 17.6 Å². The van der Waals surface area contributed by atoms with Crippen LogP contribution in [0.15, 0.2) is 41.0 Å². The second-order valence-electron chi connectivity index (χ2n) is 5.74. The zero-order valence-electron chi connectivity index (χ0n) is 14.8. The molecule has 0 aliphatic rings. The van der Waals surface area contributed by atoms with E-state index in [1.807, 2.05) is 30.3 Å². The van der Waals surface area contributed by atoms with Crippen LogP contribution in [0.25, 0.3) is 5.69 Å². The van der Waals surface area contributed by atoms with Crippen molar-refractivity contribution < 1.29 is 0 Å². The summed E-state index contributed by atoms with van der Waals surface area (Å²) in [6.07, 6.45) is 3.07. The first kappa shape index (κ1) is 18.7. The molecular weight excluding hydrogens is 408 g/mol. The molecule has 0 atom stereocenters. The average molecular weight is 427 g/mol. The summed E-state index contributed by atoms with van der Waals surface area (Å²) in [5, 5.41) is 20.1. The van der Waals surface area contributed by atoms with Gasteiger partial charge in [0.2, 0.25) is 5.95 Å². The Hall–Kier alpha value is -3.12. The molecule has 0 saturated heterocycles. The molecule has 0 aliphatic carbocycles. The Morgan fingerprint density at radius 3 is 2.78 bits per heavy atom. The number of benzene rings is 1. The van der Waals surface area contributed by atoms with Crippen LogP contribution >= 0.6 is 15.9 Å². The number of hydrogen-bond acceptors (Lipinski definition) is 7. The number of para-hydroxylation sites is 1. The predicted molar refractivity (Wildman–Crippen MR) is 109 cm³/mol. The summed E-state index contributed by atoms with van der Waals surface area (Å²) >= 11 is 3.38. The quantitative estimate of drug-likeness (QED) is 0.496. The number of hydrogen-bond donors (Lipinski definition) is 3. The van der Waals surface area contributed by atoms with Crippen molar-refractivity contribution in [2.45, 2.75) is 12.8 Å². The van der Waals surface area contributed by atoms with Gasteiger partial charge in [0, 0.05) is 19.8 Å². The normalized spacial score (nSPS) is 10.4. The van der Waals surface area contributed by atoms with Crippen molar-refractivity contribution in [3.8, 4) is 11.8 Å². The molecule has 0 unspecified atom stereocenters. The Balaban J connectivity index is 1.65. The van der Waals surface area contributed by atoms with E-state index < -0.39 is 0 Å². The number of nitrogens with one attached hydrogen (secondary N) is 2. The maximum atomic E-state index is 9.45. The fourth-order valence-corrected chi connectivity index (χ4v) is 3.01. The number of halogens is 1. The van der Waals surface area contributed by atoms with Gasteiger partial charge in [-0.3, -0.25) is 0 Å². The number of aromatic nitrogens is 4. The first-order chi connectivity index (χ1) is 13.1. The second kappa shape index (κ2) is 8.51. The highest BCUT2D eigenvalue weighted by atomic mass is 79.9. The number of rotatable bonds is 7. The summed E-state index contributed by atoms with van der Waals surface area (Å²) in [4.78, 5) is 8.58. The predicted octanol–water partition coefficient (Wildman–Crippen LogP) is 2.97. The Kier molecular flexibility index (Phi) is 5.88. The van der Waals surface area contributed by atoms with Crippen LogP contribution in [0, 0.1) is 11.3 Å². The van der Waals surface area contributed by atoms with Crippen molar-refractivity contribution in [3.63, 3.8) is 0 Å². The van der Waals surface area contributed by atoms with Gasteiger partial charge in [0.05, 0.1) is 15.9 Å². The first-order valence-corrected chi connectivity index (χ1v) is 9.20. The number of anilines is 3. The van der Waals surface area contributed by atoms with Crippen LogP contribution < -0.4 is 16.4 Å². The van der Waals surface area contributed by atoms with Crippen LogP contribution in [0.1, 0.15) is 17.7 Å². The Morgan fingerprint density at radius 2 is 2.07 bits per heavy atom. The molecule has 2 heterocycles. The van der Waals surface area contributed by atoms with Crippen LogP contribution in [0.2, 0.25) is 0 Å². The van der Waals surface area contributed by atoms with Gasteiger partial charge >= 0.3 is 0 Å². The molecule has 27 heavy (non-hydrogen) atoms. The largest absolute Gasteiger partial charge is 0.382 e. The van der Waals surface area contributed by atoms with Gasteiger partial charge in [-0.1, -0.05) is 18.2 Å². The highest BCUT2D eigenvalue weighted by molar-refractivity contribution is 9.10. The molecule has 9 heteroatoms. The van der Waals surface area contributed by atoms with Gasteiger partial charge in [-0.2, -0.15) is 15.3 Å². The second-order valence-corrected chi connectivity index (χ2v) is 6.59. The third kappa shape index (κ3) is 4.17. The van der Waals surface area contributed by atoms with E-state index in [1.165, 1.54) is 0 Å². The molecule has 138 valence electrons. The van der Waals surface area contributed by atoms with Crippen LogP contribution in [0.5, 0.6) is 0 Å². The highest BCUT2D eigenvalue weighted by Gasteiger charge is 2.16. The van der Waals surface area contributed by atoms with Crippen LogP contribution in [-0.4, -0.2) is 33.3 Å². The highest BCUT2D eigenvalue weighted by Crippen LogP contribution is 2.22. The molecule has 3 rings (SSSR count). The molecule has 0 bridgehead atoms. The SMILES string of the molecule is CNc1nc(NCCCc2nn(-c3ccccc3)c(N)c2C#N)ncc1Br. The smallest absolute Gasteiger partial charge is 0.224 e. The van der Waals surface area contributed by atoms with E-state index in [4.69, 9.17) is 5.73 Å². The Bertz CT molecular complexity index is 961. The lowest BCUT2D eigenvalue weighted by molar-refractivity contribution is 0.787. The molecule has 8 nitrogen and oxygen atoms in total. The van der Waals surface area contributed by atoms with Gasteiger partial charge in [-0.05, 0) is 40.9 Å². The molecule has 0 radical (unpaired) electrons. The molecule has 4 N–H and O–H groups in total. The van der Waals surface area contributed by atoms with E-state index in [1.54, 1.807) is 17.9 Å². The van der Waals surface area contributed by atoms with Gasteiger partial charge in [0.15, 0.2) is 0 Å². The molecule has 0 fully saturated rings. The Morgan fingerprint density at radius 1 is 1.30 bits per heavy atom. The van der Waals surface area contributed by atoms with Crippen molar-refractivity contribution in [2.75, 3.05) is 30.0 Å². The molecule has 0 amide bonds. The summed E-state index contributed by atoms with van der Waals surface area (Å²) in [5.74, 6) is 1.62. The fraction of sp³-hybridized carbons (Fsp3) is 0.222. The summed E-state index contributed by atoms with van der Waals surface area (Å²) in [6.45, 7) is 0.647. The summed E-state index contributed by atoms with van der Waals surface area (Å²) in [6, 6.07) is 11.7. The van der Waals surface area contributed by atoms with Gasteiger partial charge in [0.25, 0.3) is 0 Å². The topological polar surface area (TPSA) is 117 Å². The summed E-state index contributed by atoms with van der Waals surface area (Å²) in [5.41, 5.74) is 8.07. The number of aryl methyl sites for hydroxylation is 1. The zero-order valence-corrected chi connectivity index (χ0v) is 16.4. The van der Waals surface area contributed by atoms with Crippen molar-refractivity contribution >= 4 is 33.5 Å². The van der Waals surface area contributed by atoms with Gasteiger partial charge < -0.3 is 16.4 Å². The molecule has 2 aromatic heterocycles. The van der Waals surface area contributed by atoms with E-state index in [0.717, 1.165) is 16.6 Å². The number of nitrogens with zero attached hydrogens (tertiary/aromatic N) is 5. The monoisotopic (exact) mass is 426 g/mol. The van der Waals surface area contributed by atoms with E-state index in [9.17, 15) is 5.26 Å². The number of nitrogens with two attached hydrogens (primary N) is 1. The van der Waals surface area contributed by atoms with Crippen molar-refractivity contribution in [1.29, 1.82) is 5.26 Å². The van der Waals surface area contributed by atoms with Crippen molar-refractivity contribution in [2.24, 2.45) is 0 Å². The molecular formula is C18H19BrN8. The third-order valence-corrected chi connectivity index (χ3v) is 4.54. The third-order valence-electron chi connectivity index (χ3n) is 3.96. The molecule has 0 aliphatic heterocycles. The number of nitrogen functional groups attached to an aromatic ring is 1. The maximum absolute atomic E-state index is 9.45. The van der Waals surface area contributed by atoms with Gasteiger partial charge in [0.1, 0.15) is 23.3 Å². The van der Waals surface area contributed by atoms with Gasteiger partial charge in [-0.15, -0.1) is 0 Å². The minimum Gasteiger partial charge on any atom is -0.382 e. The van der Waals surface area contributed by atoms with E-state index in [0.29, 0.717) is 41.8 Å². The van der Waals surface area contributed by atoms with Crippen molar-refractivity contribution in [3.05, 3.63) is 52.3 Å². The fourth-order valence-electron chi connectivity index (χ4n) is 2.62. The number of nitriles is 1. The van der Waals surface area contributed by atoms with E-state index in [-0.39, 0.29) is 0 Å². The van der Waals surface area contributed by atoms with Crippen LogP contribution in [-0.2, 0) is 6.42 Å². The lowest BCUT2D eigenvalue weighted by Crippen LogP contribution is -2.08. The maximum Gasteiger partial charge on any atom is 0.224 e. The standard InChI is InChI=1S/C18H19BrN8/c1-22-17-14(19)11-24-18(25-17)23-9-5-8-15-13(10-20)16(21)27(26-15)12-6-3-2-4-7-12/h2-4,6-7,11H,5,8-9,21H2,1H3,(H2,22,23,24,25). The lowest BCUT2D eigenvalue weighted by atomic mass is 10.1. The summed E-state index contributed by atoms with van der Waals surface area (Å²) in [7, 11) is 1.80. The van der Waals surface area contributed by atoms with E-state index >= 15 is 0 Å².